The van der Waals surface area contributed by atoms with Crippen molar-refractivity contribution in [2.24, 2.45) is 0 Å². The summed E-state index contributed by atoms with van der Waals surface area (Å²) in [6, 6.07) is 68.0. The summed E-state index contributed by atoms with van der Waals surface area (Å²) in [7, 11) is 14.7. The van der Waals surface area contributed by atoms with Gasteiger partial charge in [-0.2, -0.15) is 0 Å². The molecule has 12 aromatic carbocycles. The molecule has 17 heteroatoms. The van der Waals surface area contributed by atoms with E-state index in [2.05, 4.69) is 120 Å². The van der Waals surface area contributed by atoms with Crippen molar-refractivity contribution in [1.82, 2.24) is 0 Å². The summed E-state index contributed by atoms with van der Waals surface area (Å²) in [5.41, 5.74) is 23.4. The van der Waals surface area contributed by atoms with E-state index in [0.717, 1.165) is 122 Å². The Bertz CT molecular complexity index is 5270. The monoisotopic (exact) mass is 1830 g/mol. The average Bonchev–Trinajstić information content (AvgIpc) is 0.799. The molecule has 12 rings (SSSR count). The second-order valence-electron chi connectivity index (χ2n) is 36.0. The summed E-state index contributed by atoms with van der Waals surface area (Å²) in [4.78, 5) is 0. The summed E-state index contributed by atoms with van der Waals surface area (Å²) in [5.74, 6) is 3.85. The molecule has 0 bridgehead atoms. The Morgan fingerprint density at radius 2 is 0.293 bits per heavy atom. The zero-order chi connectivity index (χ0) is 93.3. The number of phenols is 12. The standard InChI is InChI=1S/C19H24O2.C18H22O2.2C17H20O2.C16H18O2.C15H16O2.C4H9Br.3ClH.Fe/c1-11-7-15(8-12(2)17(11)20)19(5,6)16-9-13(3)18(21)14(4)10-16;1-11-8-14(6-7-16(11)19)18(4,5)15-9-12(2)17(20)13(3)10-15;1-11-9-13(5-7-15(11)18)17(3,4)14-6-8-16(19)12(2)10-14;1-11-9-14(10-12(2)16(11)19)17(3,4)13-5-7-15(18)8-6-13;1-11-10-13(6-9-15(11)18)16(2,3)12-4-7-14(17)8-5-12;1-15(2,11-3-7-13(16)8-4-11)12-5-9-14(17)10-6-12;1-4(2,3)5;;;;/h7-10,20-21H,1-6H3;6-10,19-20H,1-5H3;2*5-10,18-19H,1-4H3;4-10,17-18H,1-3H3;3-10,16-17H,1-2H3;1-3H3;3*1H;/q;;;;;;;;;;+3/p-3. The number of phenolic OH excluding ortho intramolecular Hbond substituents is 12. The van der Waals surface area contributed by atoms with Gasteiger partial charge in [0.15, 0.2) is 0 Å². The second kappa shape index (κ2) is 43.1. The minimum absolute atomic E-state index is 0.151. The van der Waals surface area contributed by atoms with Gasteiger partial charge >= 0.3 is 41.5 Å². The van der Waals surface area contributed by atoms with Gasteiger partial charge in [-0.3, -0.25) is 0 Å². The van der Waals surface area contributed by atoms with Crippen molar-refractivity contribution in [3.63, 3.8) is 0 Å². The maximum absolute atomic E-state index is 9.96. The first kappa shape index (κ1) is 104. The van der Waals surface area contributed by atoms with Crippen LogP contribution in [0.1, 0.15) is 237 Å². The molecule has 123 heavy (non-hydrogen) atoms. The predicted octanol–water partition coefficient (Wildman–Crippen LogP) is 28.5. The van der Waals surface area contributed by atoms with Gasteiger partial charge in [-0.15, -0.1) is 0 Å². The number of alkyl halides is 1. The van der Waals surface area contributed by atoms with Crippen LogP contribution >= 0.6 is 46.2 Å². The van der Waals surface area contributed by atoms with Crippen LogP contribution < -0.4 is 0 Å². The molecule has 0 heterocycles. The van der Waals surface area contributed by atoms with Crippen molar-refractivity contribution >= 4 is 46.2 Å². The first-order chi connectivity index (χ1) is 56.6. The molecule has 0 unspecified atom stereocenters. The normalized spacial score (nSPS) is 11.6. The molecular weight excluding hydrogens is 1710 g/mol. The van der Waals surface area contributed by atoms with E-state index >= 15 is 0 Å². The summed E-state index contributed by atoms with van der Waals surface area (Å²) < 4.78 is 0.312. The van der Waals surface area contributed by atoms with E-state index in [-0.39, 0.29) is 55.5 Å². The first-order valence-corrected chi connectivity index (χ1v) is 46.0. The third kappa shape index (κ3) is 28.6. The van der Waals surface area contributed by atoms with Crippen LogP contribution in [-0.4, -0.2) is 65.6 Å². The van der Waals surface area contributed by atoms with Gasteiger partial charge in [0.25, 0.3) is 0 Å². The number of halogens is 4. The molecule has 0 spiro atoms. The zero-order valence-corrected chi connectivity index (χ0v) is 81.5. The van der Waals surface area contributed by atoms with Crippen molar-refractivity contribution in [1.29, 1.82) is 0 Å². The summed E-state index contributed by atoms with van der Waals surface area (Å²) in [6.45, 7) is 55.0. The fraction of sp³-hybridized carbons (Fsp3) is 0.321. The molecule has 12 aromatic rings. The molecule has 12 N–H and O–H groups in total. The van der Waals surface area contributed by atoms with E-state index < -0.39 is 11.2 Å². The molecule has 0 aliphatic rings. The van der Waals surface area contributed by atoms with E-state index in [9.17, 15) is 61.3 Å². The van der Waals surface area contributed by atoms with Crippen molar-refractivity contribution in [3.8, 4) is 69.0 Å². The molecule has 0 amide bonds. The topological polar surface area (TPSA) is 243 Å². The number of rotatable bonds is 12. The molecule has 0 saturated heterocycles. The van der Waals surface area contributed by atoms with E-state index in [1.54, 1.807) is 72.8 Å². The fourth-order valence-corrected chi connectivity index (χ4v) is 14.0. The first-order valence-electron chi connectivity index (χ1n) is 40.6. The molecular formula is C106H129BrCl3FeO12. The number of benzene rings is 12. The van der Waals surface area contributed by atoms with Gasteiger partial charge in [0.1, 0.15) is 69.0 Å². The molecule has 0 aliphatic heterocycles. The molecule has 0 aliphatic carbocycles. The Morgan fingerprint density at radius 3 is 0.447 bits per heavy atom. The summed E-state index contributed by atoms with van der Waals surface area (Å²) >= 11 is 2.04. The third-order valence-corrected chi connectivity index (χ3v) is 22.9. The van der Waals surface area contributed by atoms with E-state index in [1.165, 1.54) is 11.1 Å². The quantitative estimate of drug-likeness (QED) is 0.0404. The number of hydrogen-bond donors (Lipinski definition) is 12. The molecule has 0 fully saturated rings. The van der Waals surface area contributed by atoms with Crippen LogP contribution in [0.25, 0.3) is 0 Å². The molecule has 0 radical (unpaired) electrons. The van der Waals surface area contributed by atoms with Crippen LogP contribution in [0.15, 0.2) is 218 Å². The Morgan fingerprint density at radius 1 is 0.187 bits per heavy atom. The Hall–Kier alpha value is -9.89. The third-order valence-electron chi connectivity index (χ3n) is 22.9. The van der Waals surface area contributed by atoms with Crippen LogP contribution in [0.4, 0.5) is 0 Å². The molecule has 0 aromatic heterocycles. The van der Waals surface area contributed by atoms with E-state index in [1.807, 2.05) is 229 Å². The molecule has 661 valence electrons. The second-order valence-corrected chi connectivity index (χ2v) is 43.8. The maximum atomic E-state index is 9.96. The molecule has 12 nitrogen and oxygen atoms in total. The van der Waals surface area contributed by atoms with Crippen LogP contribution in [0.3, 0.4) is 0 Å². The van der Waals surface area contributed by atoms with Crippen molar-refractivity contribution < 1.29 is 72.4 Å². The Labute approximate surface area is 757 Å². The van der Waals surface area contributed by atoms with Crippen molar-refractivity contribution in [2.45, 2.75) is 224 Å². The van der Waals surface area contributed by atoms with Crippen LogP contribution in [0.2, 0.25) is 0 Å². The van der Waals surface area contributed by atoms with Crippen molar-refractivity contribution in [2.75, 3.05) is 0 Å². The average molecular weight is 1840 g/mol. The Kier molecular flexibility index (Phi) is 36.4. The molecule has 0 atom stereocenters. The fourth-order valence-electron chi connectivity index (χ4n) is 14.0. The molecule has 0 saturated carbocycles. The van der Waals surface area contributed by atoms with Gasteiger partial charge < -0.3 is 61.3 Å². The van der Waals surface area contributed by atoms with Gasteiger partial charge in [0, 0.05) is 36.8 Å². The summed E-state index contributed by atoms with van der Waals surface area (Å²) in [5, 5.41) is 116. The SMILES string of the molecule is CC(C)(C)Br.CC(C)(c1ccc(O)cc1)c1ccc(O)cc1.Cc1cc(C(C)(C)c2cc(C)c(O)c(C)c2)cc(C)c1O.Cc1cc(C(C)(C)c2cc(C)c(O)c(C)c2)ccc1O.Cc1cc(C(C)(C)c2ccc(O)c(C)c2)ccc1O.Cc1cc(C(C)(C)c2ccc(O)cc2)cc(C)c1O.Cc1cc(C(C)(C)c2ccc(O)cc2)ccc1O.[Cl][Fe]([Cl])[Cl]. The van der Waals surface area contributed by atoms with Crippen LogP contribution in [0, 0.1) is 83.1 Å². The van der Waals surface area contributed by atoms with Crippen LogP contribution in [-0.2, 0) is 43.7 Å². The van der Waals surface area contributed by atoms with Gasteiger partial charge in [-0.05, 0) is 289 Å². The van der Waals surface area contributed by atoms with Crippen molar-refractivity contribution in [3.05, 3.63) is 352 Å². The van der Waals surface area contributed by atoms with E-state index in [0.29, 0.717) is 50.3 Å². The van der Waals surface area contributed by atoms with Crippen LogP contribution in [0.5, 0.6) is 69.0 Å². The Balaban J connectivity index is 0.000000257. The number of hydrogen-bond acceptors (Lipinski definition) is 12. The van der Waals surface area contributed by atoms with Gasteiger partial charge in [0.05, 0.1) is 0 Å². The number of aromatic hydroxyl groups is 12. The predicted molar refractivity (Wildman–Crippen MR) is 513 cm³/mol. The van der Waals surface area contributed by atoms with Gasteiger partial charge in [0.2, 0.25) is 0 Å². The van der Waals surface area contributed by atoms with Gasteiger partial charge in [-0.1, -0.05) is 265 Å². The number of aryl methyl sites for hydroxylation is 12. The minimum atomic E-state index is -1.33. The van der Waals surface area contributed by atoms with E-state index in [4.69, 9.17) is 30.3 Å². The van der Waals surface area contributed by atoms with Gasteiger partial charge in [-0.25, -0.2) is 0 Å². The summed E-state index contributed by atoms with van der Waals surface area (Å²) in [6.07, 6.45) is 0. The zero-order valence-electron chi connectivity index (χ0n) is 76.5.